The molecule has 23 heavy (non-hydrogen) atoms. The van der Waals surface area contributed by atoms with Gasteiger partial charge in [0.2, 0.25) is 0 Å². The molecule has 124 valence electrons. The van der Waals surface area contributed by atoms with Gasteiger partial charge in [-0.15, -0.1) is 12.4 Å². The topological polar surface area (TPSA) is 50.2 Å². The van der Waals surface area contributed by atoms with Crippen LogP contribution in [0.1, 0.15) is 28.8 Å². The SMILES string of the molecule is CNC1CCN(C(=O)c2cnn(Cc3ccccc3)c2)CC1.Cl. The van der Waals surface area contributed by atoms with Crippen LogP contribution in [-0.4, -0.2) is 46.8 Å². The molecule has 0 aliphatic carbocycles. The first kappa shape index (κ1) is 17.5. The van der Waals surface area contributed by atoms with Crippen molar-refractivity contribution in [1.82, 2.24) is 20.0 Å². The largest absolute Gasteiger partial charge is 0.338 e. The summed E-state index contributed by atoms with van der Waals surface area (Å²) in [5, 5.41) is 7.60. The van der Waals surface area contributed by atoms with Crippen molar-refractivity contribution in [3.05, 3.63) is 53.9 Å². The van der Waals surface area contributed by atoms with Gasteiger partial charge in [0.25, 0.3) is 5.91 Å². The van der Waals surface area contributed by atoms with Gasteiger partial charge in [-0.2, -0.15) is 5.10 Å². The quantitative estimate of drug-likeness (QED) is 0.932. The third kappa shape index (κ3) is 4.33. The smallest absolute Gasteiger partial charge is 0.257 e. The minimum Gasteiger partial charge on any atom is -0.338 e. The summed E-state index contributed by atoms with van der Waals surface area (Å²) in [5.41, 5.74) is 1.86. The first-order valence-corrected chi connectivity index (χ1v) is 7.79. The molecule has 1 aliphatic rings. The fourth-order valence-electron chi connectivity index (χ4n) is 2.88. The van der Waals surface area contributed by atoms with Gasteiger partial charge < -0.3 is 10.2 Å². The lowest BCUT2D eigenvalue weighted by Gasteiger charge is -2.31. The van der Waals surface area contributed by atoms with Crippen LogP contribution in [0, 0.1) is 0 Å². The molecule has 1 fully saturated rings. The number of halogens is 1. The summed E-state index contributed by atoms with van der Waals surface area (Å²) in [6.45, 7) is 2.32. The normalized spacial score (nSPS) is 15.3. The summed E-state index contributed by atoms with van der Waals surface area (Å²) in [6.07, 6.45) is 5.55. The van der Waals surface area contributed by atoms with Crippen LogP contribution < -0.4 is 5.32 Å². The van der Waals surface area contributed by atoms with Crippen molar-refractivity contribution in [3.8, 4) is 0 Å². The molecular formula is C17H23ClN4O. The molecule has 1 aromatic heterocycles. The van der Waals surface area contributed by atoms with Crippen LogP contribution in [0.3, 0.4) is 0 Å². The molecule has 0 atom stereocenters. The van der Waals surface area contributed by atoms with Gasteiger partial charge in [0.15, 0.2) is 0 Å². The van der Waals surface area contributed by atoms with E-state index in [-0.39, 0.29) is 18.3 Å². The second kappa shape index (κ2) is 8.13. The van der Waals surface area contributed by atoms with E-state index in [1.807, 2.05) is 41.0 Å². The molecule has 1 saturated heterocycles. The first-order valence-electron chi connectivity index (χ1n) is 7.79. The zero-order valence-corrected chi connectivity index (χ0v) is 14.1. The highest BCUT2D eigenvalue weighted by Crippen LogP contribution is 2.14. The van der Waals surface area contributed by atoms with Crippen molar-refractivity contribution in [2.24, 2.45) is 0 Å². The molecule has 5 nitrogen and oxygen atoms in total. The van der Waals surface area contributed by atoms with E-state index in [0.29, 0.717) is 18.2 Å². The third-order valence-corrected chi connectivity index (χ3v) is 4.26. The van der Waals surface area contributed by atoms with E-state index >= 15 is 0 Å². The summed E-state index contributed by atoms with van der Waals surface area (Å²) in [4.78, 5) is 14.4. The van der Waals surface area contributed by atoms with Crippen LogP contribution >= 0.6 is 12.4 Å². The number of carbonyl (C=O) groups is 1. The van der Waals surface area contributed by atoms with E-state index in [9.17, 15) is 4.79 Å². The van der Waals surface area contributed by atoms with Crippen LogP contribution in [0.15, 0.2) is 42.7 Å². The number of carbonyl (C=O) groups excluding carboxylic acids is 1. The molecule has 0 radical (unpaired) electrons. The molecule has 1 N–H and O–H groups in total. The number of aromatic nitrogens is 2. The zero-order chi connectivity index (χ0) is 15.4. The predicted molar refractivity (Wildman–Crippen MR) is 93.0 cm³/mol. The Balaban J connectivity index is 0.00000192. The summed E-state index contributed by atoms with van der Waals surface area (Å²) in [6, 6.07) is 10.7. The Morgan fingerprint density at radius 2 is 1.96 bits per heavy atom. The number of nitrogens with zero attached hydrogens (tertiary/aromatic N) is 3. The third-order valence-electron chi connectivity index (χ3n) is 4.26. The van der Waals surface area contributed by atoms with Crippen molar-refractivity contribution >= 4 is 18.3 Å². The van der Waals surface area contributed by atoms with Gasteiger partial charge in [-0.25, -0.2) is 0 Å². The Hall–Kier alpha value is -1.85. The molecular weight excluding hydrogens is 312 g/mol. The van der Waals surface area contributed by atoms with Crippen molar-refractivity contribution < 1.29 is 4.79 Å². The predicted octanol–water partition coefficient (Wildman–Crippen LogP) is 2.18. The second-order valence-corrected chi connectivity index (χ2v) is 5.77. The van der Waals surface area contributed by atoms with Crippen molar-refractivity contribution in [1.29, 1.82) is 0 Å². The molecule has 0 spiro atoms. The lowest BCUT2D eigenvalue weighted by Crippen LogP contribution is -2.43. The minimum absolute atomic E-state index is 0. The number of amides is 1. The van der Waals surface area contributed by atoms with Gasteiger partial charge in [0, 0.05) is 25.3 Å². The number of nitrogens with one attached hydrogen (secondary N) is 1. The van der Waals surface area contributed by atoms with E-state index in [4.69, 9.17) is 0 Å². The fraction of sp³-hybridized carbons (Fsp3) is 0.412. The Morgan fingerprint density at radius 1 is 1.26 bits per heavy atom. The zero-order valence-electron chi connectivity index (χ0n) is 13.3. The maximum Gasteiger partial charge on any atom is 0.257 e. The lowest BCUT2D eigenvalue weighted by molar-refractivity contribution is 0.0707. The summed E-state index contributed by atoms with van der Waals surface area (Å²) < 4.78 is 1.82. The van der Waals surface area contributed by atoms with Crippen molar-refractivity contribution in [2.75, 3.05) is 20.1 Å². The van der Waals surface area contributed by atoms with Gasteiger partial charge in [0.05, 0.1) is 18.3 Å². The second-order valence-electron chi connectivity index (χ2n) is 5.77. The average Bonchev–Trinajstić information content (AvgIpc) is 3.04. The number of likely N-dealkylation sites (tertiary alicyclic amines) is 1. The lowest BCUT2D eigenvalue weighted by atomic mass is 10.0. The summed E-state index contributed by atoms with van der Waals surface area (Å²) in [7, 11) is 1.98. The maximum atomic E-state index is 12.5. The van der Waals surface area contributed by atoms with E-state index < -0.39 is 0 Å². The van der Waals surface area contributed by atoms with E-state index in [0.717, 1.165) is 25.9 Å². The molecule has 2 heterocycles. The van der Waals surface area contributed by atoms with E-state index in [2.05, 4.69) is 22.5 Å². The van der Waals surface area contributed by atoms with Crippen molar-refractivity contribution in [3.63, 3.8) is 0 Å². The van der Waals surface area contributed by atoms with Gasteiger partial charge in [-0.05, 0) is 25.5 Å². The monoisotopic (exact) mass is 334 g/mol. The van der Waals surface area contributed by atoms with Gasteiger partial charge in [0.1, 0.15) is 0 Å². The highest BCUT2D eigenvalue weighted by molar-refractivity contribution is 5.93. The molecule has 1 aromatic carbocycles. The fourth-order valence-corrected chi connectivity index (χ4v) is 2.88. The van der Waals surface area contributed by atoms with Crippen LogP contribution in [0.2, 0.25) is 0 Å². The molecule has 3 rings (SSSR count). The van der Waals surface area contributed by atoms with Crippen molar-refractivity contribution in [2.45, 2.75) is 25.4 Å². The molecule has 0 bridgehead atoms. The molecule has 1 amide bonds. The Kier molecular flexibility index (Phi) is 6.19. The molecule has 0 saturated carbocycles. The van der Waals surface area contributed by atoms with Crippen LogP contribution in [0.25, 0.3) is 0 Å². The summed E-state index contributed by atoms with van der Waals surface area (Å²) in [5.74, 6) is 0.0915. The average molecular weight is 335 g/mol. The Labute approximate surface area is 143 Å². The van der Waals surface area contributed by atoms with Crippen LogP contribution in [0.5, 0.6) is 0 Å². The van der Waals surface area contributed by atoms with Crippen LogP contribution in [0.4, 0.5) is 0 Å². The molecule has 0 unspecified atom stereocenters. The standard InChI is InChI=1S/C17H22N4O.ClH/c1-18-16-7-9-20(10-8-16)17(22)15-11-19-21(13-15)12-14-5-3-2-4-6-14;/h2-6,11,13,16,18H,7-10,12H2,1H3;1H. The first-order chi connectivity index (χ1) is 10.8. The minimum atomic E-state index is 0. The highest BCUT2D eigenvalue weighted by atomic mass is 35.5. The van der Waals surface area contributed by atoms with Gasteiger partial charge in [-0.3, -0.25) is 9.48 Å². The van der Waals surface area contributed by atoms with Crippen LogP contribution in [-0.2, 0) is 6.54 Å². The summed E-state index contributed by atoms with van der Waals surface area (Å²) >= 11 is 0. The van der Waals surface area contributed by atoms with E-state index in [1.165, 1.54) is 5.56 Å². The molecule has 2 aromatic rings. The van der Waals surface area contributed by atoms with Gasteiger partial charge in [-0.1, -0.05) is 30.3 Å². The number of piperidine rings is 1. The number of hydrogen-bond acceptors (Lipinski definition) is 3. The maximum absolute atomic E-state index is 12.5. The Bertz CT molecular complexity index is 621. The highest BCUT2D eigenvalue weighted by Gasteiger charge is 2.23. The Morgan fingerprint density at radius 3 is 2.61 bits per heavy atom. The molecule has 6 heteroatoms. The van der Waals surface area contributed by atoms with Gasteiger partial charge >= 0.3 is 0 Å². The molecule has 1 aliphatic heterocycles. The van der Waals surface area contributed by atoms with E-state index in [1.54, 1.807) is 6.20 Å². The number of benzene rings is 1. The number of hydrogen-bond donors (Lipinski definition) is 1. The number of rotatable bonds is 4.